The number of nitrogens with zero attached hydrogens (tertiary/aromatic N) is 2. The van der Waals surface area contributed by atoms with Gasteiger partial charge in [0.25, 0.3) is 0 Å². The van der Waals surface area contributed by atoms with Crippen LogP contribution in [0.5, 0.6) is 0 Å². The highest BCUT2D eigenvalue weighted by Gasteiger charge is 2.11. The minimum absolute atomic E-state index is 0.447. The summed E-state index contributed by atoms with van der Waals surface area (Å²) in [6, 6.07) is 4.98. The number of nitrogens with two attached hydrogens (primary N) is 1. The normalized spacial score (nSPS) is 9.79. The third kappa shape index (κ3) is 2.73. The molecule has 1 rings (SSSR count). The van der Waals surface area contributed by atoms with Crippen LogP contribution in [0.1, 0.15) is 19.8 Å². The molecule has 14 heavy (non-hydrogen) atoms. The summed E-state index contributed by atoms with van der Waals surface area (Å²) in [5.74, 6) is 0.619. The Morgan fingerprint density at radius 2 is 2.36 bits per heavy atom. The SMILES string of the molecule is CCCCN(C(N)=O)c1ccccn1. The van der Waals surface area contributed by atoms with E-state index in [1.165, 1.54) is 4.90 Å². The average molecular weight is 193 g/mol. The number of anilines is 1. The van der Waals surface area contributed by atoms with Crippen LogP contribution in [0.2, 0.25) is 0 Å². The molecule has 2 amide bonds. The zero-order valence-electron chi connectivity index (χ0n) is 8.31. The van der Waals surface area contributed by atoms with Crippen LogP contribution in [-0.2, 0) is 0 Å². The maximum absolute atomic E-state index is 11.1. The second kappa shape index (κ2) is 5.21. The molecule has 0 radical (unpaired) electrons. The van der Waals surface area contributed by atoms with Crippen LogP contribution in [0, 0.1) is 0 Å². The number of urea groups is 1. The second-order valence-electron chi connectivity index (χ2n) is 3.03. The molecule has 0 unspecified atom stereocenters. The van der Waals surface area contributed by atoms with Crippen LogP contribution >= 0.6 is 0 Å². The molecule has 76 valence electrons. The van der Waals surface area contributed by atoms with E-state index in [1.807, 2.05) is 12.1 Å². The van der Waals surface area contributed by atoms with E-state index in [0.29, 0.717) is 12.4 Å². The van der Waals surface area contributed by atoms with Crippen LogP contribution in [0.3, 0.4) is 0 Å². The predicted octanol–water partition coefficient (Wildman–Crippen LogP) is 1.77. The van der Waals surface area contributed by atoms with Crippen LogP contribution in [0.25, 0.3) is 0 Å². The maximum atomic E-state index is 11.1. The van der Waals surface area contributed by atoms with Crippen molar-refractivity contribution in [1.82, 2.24) is 4.98 Å². The zero-order chi connectivity index (χ0) is 10.4. The second-order valence-corrected chi connectivity index (χ2v) is 3.03. The first-order chi connectivity index (χ1) is 6.75. The lowest BCUT2D eigenvalue weighted by Crippen LogP contribution is -2.37. The highest BCUT2D eigenvalue weighted by atomic mass is 16.2. The topological polar surface area (TPSA) is 59.2 Å². The molecule has 0 atom stereocenters. The monoisotopic (exact) mass is 193 g/mol. The molecular formula is C10H15N3O. The molecule has 4 heteroatoms. The fourth-order valence-corrected chi connectivity index (χ4v) is 1.17. The summed E-state index contributed by atoms with van der Waals surface area (Å²) in [6.45, 7) is 2.69. The molecule has 2 N–H and O–H groups in total. The number of hydrogen-bond acceptors (Lipinski definition) is 2. The molecule has 0 aliphatic carbocycles. The molecule has 4 nitrogen and oxygen atoms in total. The van der Waals surface area contributed by atoms with E-state index in [-0.39, 0.29) is 0 Å². The van der Waals surface area contributed by atoms with Gasteiger partial charge in [0.15, 0.2) is 0 Å². The molecule has 0 fully saturated rings. The fourth-order valence-electron chi connectivity index (χ4n) is 1.17. The molecule has 0 saturated carbocycles. The van der Waals surface area contributed by atoms with Gasteiger partial charge in [0.1, 0.15) is 5.82 Å². The Hall–Kier alpha value is -1.58. The summed E-state index contributed by atoms with van der Waals surface area (Å²) < 4.78 is 0. The van der Waals surface area contributed by atoms with E-state index >= 15 is 0 Å². The molecule has 0 aromatic carbocycles. The van der Waals surface area contributed by atoms with Crippen LogP contribution < -0.4 is 10.6 Å². The summed E-state index contributed by atoms with van der Waals surface area (Å²) >= 11 is 0. The summed E-state index contributed by atoms with van der Waals surface area (Å²) in [7, 11) is 0. The van der Waals surface area contributed by atoms with Gasteiger partial charge >= 0.3 is 6.03 Å². The van der Waals surface area contributed by atoms with Gasteiger partial charge in [-0.3, -0.25) is 4.90 Å². The van der Waals surface area contributed by atoms with Crippen molar-refractivity contribution in [2.45, 2.75) is 19.8 Å². The Labute approximate surface area is 83.7 Å². The number of carbonyl (C=O) groups is 1. The summed E-state index contributed by atoms with van der Waals surface area (Å²) in [4.78, 5) is 16.7. The molecule has 0 aliphatic heterocycles. The Balaban J connectivity index is 2.73. The minimum atomic E-state index is -0.447. The summed E-state index contributed by atoms with van der Waals surface area (Å²) in [5, 5.41) is 0. The van der Waals surface area contributed by atoms with Gasteiger partial charge < -0.3 is 5.73 Å². The molecular weight excluding hydrogens is 178 g/mol. The van der Waals surface area contributed by atoms with Gasteiger partial charge in [-0.15, -0.1) is 0 Å². The first-order valence-electron chi connectivity index (χ1n) is 4.73. The molecule has 1 heterocycles. The number of rotatable bonds is 4. The van der Waals surface area contributed by atoms with Gasteiger partial charge in [0, 0.05) is 12.7 Å². The van der Waals surface area contributed by atoms with Gasteiger partial charge in [0.2, 0.25) is 0 Å². The van der Waals surface area contributed by atoms with Crippen LogP contribution in [-0.4, -0.2) is 17.6 Å². The number of amides is 2. The van der Waals surface area contributed by atoms with Crippen molar-refractivity contribution in [1.29, 1.82) is 0 Å². The highest BCUT2D eigenvalue weighted by Crippen LogP contribution is 2.09. The summed E-state index contributed by atoms with van der Waals surface area (Å²) in [5.41, 5.74) is 5.26. The summed E-state index contributed by atoms with van der Waals surface area (Å²) in [6.07, 6.45) is 3.60. The fraction of sp³-hybridized carbons (Fsp3) is 0.400. The van der Waals surface area contributed by atoms with Gasteiger partial charge in [-0.2, -0.15) is 0 Å². The number of unbranched alkanes of at least 4 members (excludes halogenated alkanes) is 1. The van der Waals surface area contributed by atoms with E-state index in [1.54, 1.807) is 12.3 Å². The zero-order valence-corrected chi connectivity index (χ0v) is 8.31. The predicted molar refractivity (Wildman–Crippen MR) is 56.1 cm³/mol. The molecule has 0 spiro atoms. The van der Waals surface area contributed by atoms with Crippen LogP contribution in [0.15, 0.2) is 24.4 Å². The number of aromatic nitrogens is 1. The van der Waals surface area contributed by atoms with Crippen molar-refractivity contribution in [2.24, 2.45) is 5.73 Å². The smallest absolute Gasteiger partial charge is 0.320 e. The molecule has 1 aromatic heterocycles. The molecule has 0 bridgehead atoms. The number of pyridine rings is 1. The van der Waals surface area contributed by atoms with E-state index in [4.69, 9.17) is 5.73 Å². The van der Waals surface area contributed by atoms with Gasteiger partial charge in [-0.25, -0.2) is 9.78 Å². The van der Waals surface area contributed by atoms with E-state index in [2.05, 4.69) is 11.9 Å². The average Bonchev–Trinajstić information content (AvgIpc) is 2.19. The lowest BCUT2D eigenvalue weighted by molar-refractivity contribution is 0.253. The maximum Gasteiger partial charge on any atom is 0.320 e. The van der Waals surface area contributed by atoms with Gasteiger partial charge in [-0.05, 0) is 18.6 Å². The quantitative estimate of drug-likeness (QED) is 0.792. The van der Waals surface area contributed by atoms with Gasteiger partial charge in [-0.1, -0.05) is 19.4 Å². The third-order valence-electron chi connectivity index (χ3n) is 1.93. The van der Waals surface area contributed by atoms with Gasteiger partial charge in [0.05, 0.1) is 0 Å². The van der Waals surface area contributed by atoms with Crippen molar-refractivity contribution in [2.75, 3.05) is 11.4 Å². The van der Waals surface area contributed by atoms with Crippen molar-refractivity contribution in [3.05, 3.63) is 24.4 Å². The first kappa shape index (κ1) is 10.5. The largest absolute Gasteiger partial charge is 0.351 e. The lowest BCUT2D eigenvalue weighted by Gasteiger charge is -2.18. The van der Waals surface area contributed by atoms with E-state index < -0.39 is 6.03 Å². The van der Waals surface area contributed by atoms with Crippen molar-refractivity contribution < 1.29 is 4.79 Å². The number of carbonyl (C=O) groups excluding carboxylic acids is 1. The molecule has 1 aromatic rings. The Bertz CT molecular complexity index is 287. The number of primary amides is 1. The minimum Gasteiger partial charge on any atom is -0.351 e. The molecule has 0 aliphatic rings. The van der Waals surface area contributed by atoms with Crippen molar-refractivity contribution in [3.63, 3.8) is 0 Å². The third-order valence-corrected chi connectivity index (χ3v) is 1.93. The first-order valence-corrected chi connectivity index (χ1v) is 4.73. The Morgan fingerprint density at radius 1 is 1.57 bits per heavy atom. The van der Waals surface area contributed by atoms with Crippen molar-refractivity contribution >= 4 is 11.8 Å². The van der Waals surface area contributed by atoms with Crippen molar-refractivity contribution in [3.8, 4) is 0 Å². The van der Waals surface area contributed by atoms with E-state index in [9.17, 15) is 4.79 Å². The lowest BCUT2D eigenvalue weighted by atomic mass is 10.3. The van der Waals surface area contributed by atoms with Crippen LogP contribution in [0.4, 0.5) is 10.6 Å². The Kier molecular flexibility index (Phi) is 3.91. The highest BCUT2D eigenvalue weighted by molar-refractivity contribution is 5.89. The van der Waals surface area contributed by atoms with E-state index in [0.717, 1.165) is 12.8 Å². The Morgan fingerprint density at radius 3 is 2.86 bits per heavy atom. The standard InChI is InChI=1S/C10H15N3O/c1-2-3-8-13(10(11)14)9-6-4-5-7-12-9/h4-7H,2-3,8H2,1H3,(H2,11,14). The number of hydrogen-bond donors (Lipinski definition) is 1. The molecule has 0 saturated heterocycles.